The first kappa shape index (κ1) is 12.1. The zero-order chi connectivity index (χ0) is 12.1. The second-order valence-electron chi connectivity index (χ2n) is 3.77. The van der Waals surface area contributed by atoms with Crippen LogP contribution in [0.25, 0.3) is 0 Å². The summed E-state index contributed by atoms with van der Waals surface area (Å²) in [7, 11) is 0. The lowest BCUT2D eigenvalue weighted by Crippen LogP contribution is -2.12. The molecule has 0 radical (unpaired) electrons. The van der Waals surface area contributed by atoms with Crippen molar-refractivity contribution in [3.05, 3.63) is 46.4 Å². The van der Waals surface area contributed by atoms with Crippen LogP contribution in [0.1, 0.15) is 29.8 Å². The molecule has 1 aromatic heterocycles. The van der Waals surface area contributed by atoms with E-state index in [0.717, 1.165) is 22.6 Å². The van der Waals surface area contributed by atoms with E-state index in [-0.39, 0.29) is 6.04 Å². The van der Waals surface area contributed by atoms with Crippen LogP contribution in [0.4, 0.5) is 0 Å². The van der Waals surface area contributed by atoms with Crippen molar-refractivity contribution in [2.75, 3.05) is 6.61 Å². The Morgan fingerprint density at radius 2 is 2.24 bits per heavy atom. The summed E-state index contributed by atoms with van der Waals surface area (Å²) in [4.78, 5) is 5.11. The molecule has 17 heavy (non-hydrogen) atoms. The van der Waals surface area contributed by atoms with Crippen LogP contribution < -0.4 is 10.5 Å². The minimum Gasteiger partial charge on any atom is -0.493 e. The van der Waals surface area contributed by atoms with Crippen molar-refractivity contribution in [3.8, 4) is 5.75 Å². The molecule has 4 heteroatoms. The molecule has 0 aliphatic carbocycles. The van der Waals surface area contributed by atoms with Gasteiger partial charge < -0.3 is 10.5 Å². The third-order valence-corrected chi connectivity index (χ3v) is 3.33. The van der Waals surface area contributed by atoms with Gasteiger partial charge in [0, 0.05) is 16.6 Å². The summed E-state index contributed by atoms with van der Waals surface area (Å²) in [6.07, 6.45) is 2.80. The maximum atomic E-state index is 6.22. The monoisotopic (exact) mass is 248 g/mol. The third kappa shape index (κ3) is 2.84. The number of para-hydroxylation sites is 1. The van der Waals surface area contributed by atoms with Gasteiger partial charge in [-0.25, -0.2) is 0 Å². The van der Waals surface area contributed by atoms with Crippen LogP contribution in [-0.2, 0) is 0 Å². The van der Waals surface area contributed by atoms with Crippen molar-refractivity contribution in [2.24, 2.45) is 5.73 Å². The minimum absolute atomic E-state index is 0.157. The molecule has 0 spiro atoms. The van der Waals surface area contributed by atoms with Crippen LogP contribution in [0.15, 0.2) is 36.0 Å². The van der Waals surface area contributed by atoms with Gasteiger partial charge in [-0.2, -0.15) is 0 Å². The smallest absolute Gasteiger partial charge is 0.124 e. The van der Waals surface area contributed by atoms with Gasteiger partial charge in [-0.15, -0.1) is 11.3 Å². The van der Waals surface area contributed by atoms with E-state index in [2.05, 4.69) is 11.9 Å². The number of thiazole rings is 1. The Hall–Kier alpha value is -1.39. The van der Waals surface area contributed by atoms with E-state index >= 15 is 0 Å². The standard InChI is InChI=1S/C13H16N2OS/c1-2-7-16-11-6-4-3-5-10(11)13(14)12-8-15-9-17-12/h3-6,8-9,13H,2,7,14H2,1H3. The topological polar surface area (TPSA) is 48.1 Å². The lowest BCUT2D eigenvalue weighted by Gasteiger charge is -2.15. The Balaban J connectivity index is 2.25. The summed E-state index contributed by atoms with van der Waals surface area (Å²) in [5, 5.41) is 0. The Morgan fingerprint density at radius 3 is 2.94 bits per heavy atom. The number of hydrogen-bond acceptors (Lipinski definition) is 4. The van der Waals surface area contributed by atoms with E-state index in [9.17, 15) is 0 Å². The van der Waals surface area contributed by atoms with Crippen molar-refractivity contribution in [3.63, 3.8) is 0 Å². The molecule has 0 aliphatic heterocycles. The summed E-state index contributed by atoms with van der Waals surface area (Å²) in [6, 6.07) is 7.76. The number of rotatable bonds is 5. The highest BCUT2D eigenvalue weighted by atomic mass is 32.1. The van der Waals surface area contributed by atoms with Crippen molar-refractivity contribution < 1.29 is 4.74 Å². The van der Waals surface area contributed by atoms with E-state index in [0.29, 0.717) is 6.61 Å². The molecule has 0 saturated carbocycles. The largest absolute Gasteiger partial charge is 0.493 e. The Bertz CT molecular complexity index is 456. The van der Waals surface area contributed by atoms with E-state index in [1.165, 1.54) is 0 Å². The summed E-state index contributed by atoms with van der Waals surface area (Å²) in [6.45, 7) is 2.80. The highest BCUT2D eigenvalue weighted by Crippen LogP contribution is 2.29. The molecule has 0 amide bonds. The Kier molecular flexibility index (Phi) is 4.12. The van der Waals surface area contributed by atoms with Gasteiger partial charge in [-0.05, 0) is 12.5 Å². The maximum absolute atomic E-state index is 6.22. The summed E-state index contributed by atoms with van der Waals surface area (Å²) in [5.41, 5.74) is 9.04. The first-order valence-electron chi connectivity index (χ1n) is 5.68. The number of aromatic nitrogens is 1. The molecule has 1 unspecified atom stereocenters. The average Bonchev–Trinajstić information content (AvgIpc) is 2.89. The quantitative estimate of drug-likeness (QED) is 0.885. The molecule has 0 bridgehead atoms. The second-order valence-corrected chi connectivity index (χ2v) is 4.69. The summed E-state index contributed by atoms with van der Waals surface area (Å²) >= 11 is 1.57. The first-order valence-corrected chi connectivity index (χ1v) is 6.56. The van der Waals surface area contributed by atoms with E-state index in [1.807, 2.05) is 30.5 Å². The highest BCUT2D eigenvalue weighted by molar-refractivity contribution is 7.09. The molecule has 0 saturated heterocycles. The third-order valence-electron chi connectivity index (χ3n) is 2.47. The number of nitrogens with zero attached hydrogens (tertiary/aromatic N) is 1. The second kappa shape index (κ2) is 5.80. The maximum Gasteiger partial charge on any atom is 0.124 e. The van der Waals surface area contributed by atoms with Crippen LogP contribution in [-0.4, -0.2) is 11.6 Å². The van der Waals surface area contributed by atoms with Gasteiger partial charge in [0.05, 0.1) is 18.2 Å². The normalized spacial score (nSPS) is 12.4. The molecule has 0 aliphatic rings. The number of nitrogens with two attached hydrogens (primary N) is 1. The fraction of sp³-hybridized carbons (Fsp3) is 0.308. The van der Waals surface area contributed by atoms with E-state index in [4.69, 9.17) is 10.5 Å². The van der Waals surface area contributed by atoms with Gasteiger partial charge in [0.15, 0.2) is 0 Å². The SMILES string of the molecule is CCCOc1ccccc1C(N)c1cncs1. The molecule has 1 atom stereocenters. The molecule has 1 heterocycles. The zero-order valence-corrected chi connectivity index (χ0v) is 10.6. The summed E-state index contributed by atoms with van der Waals surface area (Å²) < 4.78 is 5.71. The van der Waals surface area contributed by atoms with Gasteiger partial charge in [0.2, 0.25) is 0 Å². The fourth-order valence-electron chi connectivity index (χ4n) is 1.61. The number of hydrogen-bond donors (Lipinski definition) is 1. The molecule has 2 rings (SSSR count). The van der Waals surface area contributed by atoms with Crippen molar-refractivity contribution in [1.29, 1.82) is 0 Å². The van der Waals surface area contributed by atoms with Gasteiger partial charge in [-0.3, -0.25) is 4.98 Å². The predicted octanol–water partition coefficient (Wildman–Crippen LogP) is 2.98. The molecule has 90 valence electrons. The molecule has 2 aromatic rings. The van der Waals surface area contributed by atoms with Gasteiger partial charge in [0.1, 0.15) is 5.75 Å². The van der Waals surface area contributed by atoms with Crippen LogP contribution in [0.5, 0.6) is 5.75 Å². The lowest BCUT2D eigenvalue weighted by atomic mass is 10.1. The van der Waals surface area contributed by atoms with Crippen molar-refractivity contribution in [1.82, 2.24) is 4.98 Å². The van der Waals surface area contributed by atoms with Crippen molar-refractivity contribution in [2.45, 2.75) is 19.4 Å². The predicted molar refractivity (Wildman–Crippen MR) is 70.4 cm³/mol. The number of ether oxygens (including phenoxy) is 1. The van der Waals surface area contributed by atoms with Crippen molar-refractivity contribution >= 4 is 11.3 Å². The Labute approximate surface area is 105 Å². The molecule has 2 N–H and O–H groups in total. The average molecular weight is 248 g/mol. The summed E-state index contributed by atoms with van der Waals surface area (Å²) in [5.74, 6) is 0.871. The molecular formula is C13H16N2OS. The van der Waals surface area contributed by atoms with Crippen LogP contribution in [0, 0.1) is 0 Å². The highest BCUT2D eigenvalue weighted by Gasteiger charge is 2.14. The minimum atomic E-state index is -0.157. The fourth-order valence-corrected chi connectivity index (χ4v) is 2.25. The molecule has 0 fully saturated rings. The van der Waals surface area contributed by atoms with Gasteiger partial charge in [0.25, 0.3) is 0 Å². The molecule has 3 nitrogen and oxygen atoms in total. The molecule has 1 aromatic carbocycles. The van der Waals surface area contributed by atoms with Gasteiger partial charge in [-0.1, -0.05) is 25.1 Å². The van der Waals surface area contributed by atoms with E-state index in [1.54, 1.807) is 16.8 Å². The van der Waals surface area contributed by atoms with Crippen LogP contribution in [0.3, 0.4) is 0 Å². The lowest BCUT2D eigenvalue weighted by molar-refractivity contribution is 0.313. The number of benzene rings is 1. The Morgan fingerprint density at radius 1 is 1.41 bits per heavy atom. The molecular weight excluding hydrogens is 232 g/mol. The van der Waals surface area contributed by atoms with Crippen LogP contribution >= 0.6 is 11.3 Å². The van der Waals surface area contributed by atoms with Gasteiger partial charge >= 0.3 is 0 Å². The van der Waals surface area contributed by atoms with E-state index < -0.39 is 0 Å². The van der Waals surface area contributed by atoms with Crippen LogP contribution in [0.2, 0.25) is 0 Å². The first-order chi connectivity index (χ1) is 8.33. The zero-order valence-electron chi connectivity index (χ0n) is 9.80.